The summed E-state index contributed by atoms with van der Waals surface area (Å²) in [6, 6.07) is 17.3. The van der Waals surface area contributed by atoms with Gasteiger partial charge in [0.05, 0.1) is 10.5 Å². The summed E-state index contributed by atoms with van der Waals surface area (Å²) >= 11 is 5.72. The van der Waals surface area contributed by atoms with Crippen molar-refractivity contribution in [3.63, 3.8) is 0 Å². The largest absolute Gasteiger partial charge is 0.378 e. The number of amides is 1. The van der Waals surface area contributed by atoms with Crippen molar-refractivity contribution in [3.05, 3.63) is 93.5 Å². The summed E-state index contributed by atoms with van der Waals surface area (Å²) in [6.07, 6.45) is 0. The lowest BCUT2D eigenvalue weighted by Crippen LogP contribution is -2.17. The minimum atomic E-state index is -4.61. The summed E-state index contributed by atoms with van der Waals surface area (Å²) < 4.78 is 30.4. The minimum Gasteiger partial charge on any atom is -0.378 e. The molecule has 0 aliphatic heterocycles. The van der Waals surface area contributed by atoms with Gasteiger partial charge >= 0.3 is 10.1 Å². The van der Waals surface area contributed by atoms with Gasteiger partial charge in [0, 0.05) is 16.8 Å². The van der Waals surface area contributed by atoms with Gasteiger partial charge in [-0.05, 0) is 36.4 Å². The number of halogens is 1. The second-order valence-electron chi connectivity index (χ2n) is 5.72. The molecule has 0 saturated heterocycles. The van der Waals surface area contributed by atoms with Crippen molar-refractivity contribution >= 4 is 39.0 Å². The number of nitro benzene ring substituents is 1. The van der Waals surface area contributed by atoms with E-state index in [2.05, 4.69) is 5.32 Å². The number of rotatable bonds is 6. The van der Waals surface area contributed by atoms with E-state index >= 15 is 0 Å². The molecule has 0 atom stereocenters. The highest BCUT2D eigenvalue weighted by Gasteiger charge is 2.29. The van der Waals surface area contributed by atoms with Crippen LogP contribution in [-0.4, -0.2) is 19.2 Å². The van der Waals surface area contributed by atoms with Gasteiger partial charge in [-0.25, -0.2) is 0 Å². The molecule has 8 nitrogen and oxygen atoms in total. The second-order valence-corrected chi connectivity index (χ2v) is 7.67. The van der Waals surface area contributed by atoms with E-state index in [0.717, 1.165) is 12.1 Å². The molecule has 1 amide bonds. The fraction of sp³-hybridized carbons (Fsp3) is 0. The first-order valence-electron chi connectivity index (χ1n) is 8.12. The first-order chi connectivity index (χ1) is 13.8. The van der Waals surface area contributed by atoms with Gasteiger partial charge < -0.3 is 9.50 Å². The first-order valence-corrected chi connectivity index (χ1v) is 9.90. The SMILES string of the molecule is O=C(Nc1ccccc1)c1ccccc1OS(=O)(=O)c1ccc(Cl)cc1[N+](=O)[O-]. The lowest BCUT2D eigenvalue weighted by molar-refractivity contribution is -0.387. The van der Waals surface area contributed by atoms with Crippen molar-refractivity contribution in [1.29, 1.82) is 0 Å². The topological polar surface area (TPSA) is 116 Å². The highest BCUT2D eigenvalue weighted by molar-refractivity contribution is 7.87. The van der Waals surface area contributed by atoms with Crippen LogP contribution < -0.4 is 9.50 Å². The van der Waals surface area contributed by atoms with Crippen molar-refractivity contribution in [1.82, 2.24) is 0 Å². The Morgan fingerprint density at radius 1 is 1.00 bits per heavy atom. The van der Waals surface area contributed by atoms with Gasteiger partial charge in [-0.3, -0.25) is 14.9 Å². The van der Waals surface area contributed by atoms with Crippen molar-refractivity contribution in [2.24, 2.45) is 0 Å². The molecule has 3 aromatic rings. The molecule has 0 unspecified atom stereocenters. The van der Waals surface area contributed by atoms with E-state index in [-0.39, 0.29) is 16.3 Å². The summed E-state index contributed by atoms with van der Waals surface area (Å²) in [5.41, 5.74) is -0.288. The molecule has 0 radical (unpaired) electrons. The zero-order valence-corrected chi connectivity index (χ0v) is 16.2. The maximum atomic E-state index is 12.7. The van der Waals surface area contributed by atoms with Crippen LogP contribution in [0.4, 0.5) is 11.4 Å². The van der Waals surface area contributed by atoms with Gasteiger partial charge in [0.2, 0.25) is 0 Å². The maximum Gasteiger partial charge on any atom is 0.346 e. The number of nitro groups is 1. The summed E-state index contributed by atoms with van der Waals surface area (Å²) in [7, 11) is -4.61. The van der Waals surface area contributed by atoms with E-state index in [0.29, 0.717) is 5.69 Å². The molecular weight excluding hydrogens is 420 g/mol. The predicted octanol–water partition coefficient (Wildman–Crippen LogP) is 4.27. The average Bonchev–Trinajstić information content (AvgIpc) is 2.68. The van der Waals surface area contributed by atoms with E-state index in [1.807, 2.05) is 0 Å². The van der Waals surface area contributed by atoms with Crippen molar-refractivity contribution in [2.75, 3.05) is 5.32 Å². The van der Waals surface area contributed by atoms with Gasteiger partial charge in [0.25, 0.3) is 11.6 Å². The summed E-state index contributed by atoms with van der Waals surface area (Å²) in [6.45, 7) is 0. The first kappa shape index (κ1) is 20.3. The highest BCUT2D eigenvalue weighted by Crippen LogP contribution is 2.30. The third-order valence-electron chi connectivity index (χ3n) is 3.75. The Balaban J connectivity index is 1.95. The molecule has 29 heavy (non-hydrogen) atoms. The Morgan fingerprint density at radius 3 is 2.34 bits per heavy atom. The fourth-order valence-electron chi connectivity index (χ4n) is 2.45. The number of carbonyl (C=O) groups excluding carboxylic acids is 1. The number of hydrogen-bond donors (Lipinski definition) is 1. The monoisotopic (exact) mass is 432 g/mol. The molecule has 0 spiro atoms. The Bertz CT molecular complexity index is 1180. The molecule has 0 aliphatic rings. The zero-order valence-electron chi connectivity index (χ0n) is 14.6. The molecule has 10 heteroatoms. The van der Waals surface area contributed by atoms with E-state index < -0.39 is 31.5 Å². The number of hydrogen-bond acceptors (Lipinski definition) is 6. The van der Waals surface area contributed by atoms with Crippen LogP contribution in [0.1, 0.15) is 10.4 Å². The van der Waals surface area contributed by atoms with Gasteiger partial charge in [-0.15, -0.1) is 0 Å². The fourth-order valence-corrected chi connectivity index (χ4v) is 3.72. The van der Waals surface area contributed by atoms with Crippen LogP contribution in [0.15, 0.2) is 77.7 Å². The van der Waals surface area contributed by atoms with E-state index in [1.165, 1.54) is 30.3 Å². The number of nitrogens with zero attached hydrogens (tertiary/aromatic N) is 1. The second kappa shape index (κ2) is 8.29. The molecule has 148 valence electrons. The standard InChI is InChI=1S/C19H13ClN2O6S/c20-13-10-11-18(16(12-13)22(24)25)29(26,27)28-17-9-5-4-8-15(17)19(23)21-14-6-2-1-3-7-14/h1-12H,(H,21,23). The Labute approximate surface area is 171 Å². The highest BCUT2D eigenvalue weighted by atomic mass is 35.5. The van der Waals surface area contributed by atoms with Gasteiger partial charge in [0.15, 0.2) is 10.6 Å². The van der Waals surface area contributed by atoms with Crippen LogP contribution in [0.5, 0.6) is 5.75 Å². The average molecular weight is 433 g/mol. The number of para-hydroxylation sites is 2. The quantitative estimate of drug-likeness (QED) is 0.353. The van der Waals surface area contributed by atoms with E-state index in [4.69, 9.17) is 15.8 Å². The minimum absolute atomic E-state index is 0.00158. The normalized spacial score (nSPS) is 10.9. The lowest BCUT2D eigenvalue weighted by Gasteiger charge is -2.12. The van der Waals surface area contributed by atoms with Crippen molar-refractivity contribution < 1.29 is 22.3 Å². The molecule has 1 N–H and O–H groups in total. The van der Waals surface area contributed by atoms with Gasteiger partial charge in [-0.2, -0.15) is 8.42 Å². The van der Waals surface area contributed by atoms with E-state index in [9.17, 15) is 23.3 Å². The number of anilines is 1. The van der Waals surface area contributed by atoms with Crippen LogP contribution in [0, 0.1) is 10.1 Å². The van der Waals surface area contributed by atoms with Crippen LogP contribution in [-0.2, 0) is 10.1 Å². The number of carbonyl (C=O) groups is 1. The summed E-state index contributed by atoms with van der Waals surface area (Å²) in [4.78, 5) is 22.2. The predicted molar refractivity (Wildman–Crippen MR) is 107 cm³/mol. The molecule has 0 aliphatic carbocycles. The molecule has 3 rings (SSSR count). The summed E-state index contributed by atoms with van der Waals surface area (Å²) in [5, 5.41) is 13.8. The maximum absolute atomic E-state index is 12.7. The van der Waals surface area contributed by atoms with Crippen LogP contribution in [0.25, 0.3) is 0 Å². The number of nitrogens with one attached hydrogen (secondary N) is 1. The molecule has 0 heterocycles. The zero-order chi connectivity index (χ0) is 21.0. The third kappa shape index (κ3) is 4.71. The van der Waals surface area contributed by atoms with Crippen molar-refractivity contribution in [3.8, 4) is 5.75 Å². The molecule has 0 saturated carbocycles. The Kier molecular flexibility index (Phi) is 5.81. The Morgan fingerprint density at radius 2 is 1.66 bits per heavy atom. The van der Waals surface area contributed by atoms with Crippen molar-refractivity contribution in [2.45, 2.75) is 4.90 Å². The van der Waals surface area contributed by atoms with Crippen LogP contribution >= 0.6 is 11.6 Å². The smallest absolute Gasteiger partial charge is 0.346 e. The van der Waals surface area contributed by atoms with Gasteiger partial charge in [-0.1, -0.05) is 41.9 Å². The van der Waals surface area contributed by atoms with Crippen LogP contribution in [0.2, 0.25) is 5.02 Å². The number of benzene rings is 3. The molecule has 3 aromatic carbocycles. The molecule has 0 bridgehead atoms. The Hall–Kier alpha value is -3.43. The summed E-state index contributed by atoms with van der Waals surface area (Å²) in [5.74, 6) is -0.877. The van der Waals surface area contributed by atoms with Crippen LogP contribution in [0.3, 0.4) is 0 Å². The van der Waals surface area contributed by atoms with Gasteiger partial charge in [0.1, 0.15) is 0 Å². The molecule has 0 fully saturated rings. The molecular formula is C19H13ClN2O6S. The lowest BCUT2D eigenvalue weighted by atomic mass is 10.2. The molecule has 0 aromatic heterocycles. The third-order valence-corrected chi connectivity index (χ3v) is 5.27. The van der Waals surface area contributed by atoms with E-state index in [1.54, 1.807) is 30.3 Å².